The maximum atomic E-state index is 15.0. The Balaban J connectivity index is 1.13. The second kappa shape index (κ2) is 13.6. The van der Waals surface area contributed by atoms with Crippen molar-refractivity contribution in [2.45, 2.75) is 69.2 Å². The zero-order valence-corrected chi connectivity index (χ0v) is 31.7. The highest BCUT2D eigenvalue weighted by molar-refractivity contribution is 6.71. The quantitative estimate of drug-likeness (QED) is 0.126. The van der Waals surface area contributed by atoms with Gasteiger partial charge in [0.1, 0.15) is 0 Å². The van der Waals surface area contributed by atoms with Crippen LogP contribution in [-0.2, 0) is 39.4 Å². The number of aliphatic hydroxyl groups is 1. The number of hydrogen-bond donors (Lipinski definition) is 2. The minimum atomic E-state index is -3.17. The van der Waals surface area contributed by atoms with Crippen molar-refractivity contribution >= 4 is 42.3 Å². The molecule has 1 aromatic heterocycles. The van der Waals surface area contributed by atoms with E-state index in [1.807, 2.05) is 43.3 Å². The molecule has 8 rings (SSSR count). The Hall–Kier alpha value is -5.54. The standard InChI is InChI=1S/C41H41N5O8Si/c1-25-38(55(2,3)53)36(20-37(48)43-23-29-10-5-4-8-27(29)18-32(43)24-47)54-41(25)34-19-31(46(51)52)16-17-35(34)44(40(41)50)22-26-12-14-30(15-13-26)45-39(49)33-11-7-6-9-28(33)21-42-45/h4-17,19,21,25,32,36,38,47,53H,18,20,22-24H2,1-3H3/t25-,32+,36+,38-,41+/m1/s1. The molecule has 5 aromatic rings. The van der Waals surface area contributed by atoms with E-state index in [0.717, 1.165) is 22.1 Å². The highest BCUT2D eigenvalue weighted by Crippen LogP contribution is 2.60. The van der Waals surface area contributed by atoms with E-state index in [4.69, 9.17) is 4.74 Å². The lowest BCUT2D eigenvalue weighted by Gasteiger charge is -2.37. The van der Waals surface area contributed by atoms with Crippen LogP contribution in [0.3, 0.4) is 0 Å². The molecule has 5 atom stereocenters. The number of aromatic nitrogens is 2. The largest absolute Gasteiger partial charge is 0.432 e. The molecule has 282 valence electrons. The van der Waals surface area contributed by atoms with Gasteiger partial charge in [-0.3, -0.25) is 24.5 Å². The van der Waals surface area contributed by atoms with Gasteiger partial charge < -0.3 is 24.4 Å². The summed E-state index contributed by atoms with van der Waals surface area (Å²) in [7, 11) is -3.17. The highest BCUT2D eigenvalue weighted by atomic mass is 28.4. The van der Waals surface area contributed by atoms with Crippen LogP contribution in [0.15, 0.2) is 102 Å². The SMILES string of the molecule is C[C@@H]1[C@@H]([Si](C)(C)O)[C@H](CC(=O)N2Cc3ccccc3C[C@H]2CO)O[C@@]12C(=O)N(Cc1ccc(-n3ncc4ccccc4c3=O)cc1)c1ccc([N+](=O)[O-])cc12. The minimum Gasteiger partial charge on any atom is -0.432 e. The van der Waals surface area contributed by atoms with Crippen LogP contribution in [-0.4, -0.2) is 68.4 Å². The molecular formula is C41H41N5O8Si. The van der Waals surface area contributed by atoms with Gasteiger partial charge in [0.2, 0.25) is 5.91 Å². The van der Waals surface area contributed by atoms with Crippen molar-refractivity contribution in [2.75, 3.05) is 11.5 Å². The van der Waals surface area contributed by atoms with E-state index in [-0.39, 0.29) is 36.7 Å². The summed E-state index contributed by atoms with van der Waals surface area (Å²) >= 11 is 0. The number of benzene rings is 4. The first kappa shape index (κ1) is 36.4. The Morgan fingerprint density at radius 1 is 1.02 bits per heavy atom. The van der Waals surface area contributed by atoms with Crippen molar-refractivity contribution in [3.63, 3.8) is 0 Å². The molecule has 0 aliphatic carbocycles. The van der Waals surface area contributed by atoms with Crippen LogP contribution in [0.5, 0.6) is 0 Å². The summed E-state index contributed by atoms with van der Waals surface area (Å²) in [4.78, 5) is 68.9. The first-order valence-corrected chi connectivity index (χ1v) is 21.4. The van der Waals surface area contributed by atoms with E-state index in [1.54, 1.807) is 71.6 Å². The summed E-state index contributed by atoms with van der Waals surface area (Å²) in [6, 6.07) is 25.9. The topological polar surface area (TPSA) is 168 Å². The van der Waals surface area contributed by atoms with Gasteiger partial charge in [-0.25, -0.2) is 0 Å². The van der Waals surface area contributed by atoms with Gasteiger partial charge in [0.05, 0.1) is 59.6 Å². The summed E-state index contributed by atoms with van der Waals surface area (Å²) in [5, 5.41) is 28.0. The van der Waals surface area contributed by atoms with Crippen molar-refractivity contribution < 1.29 is 29.2 Å². The first-order chi connectivity index (χ1) is 26.3. The zero-order valence-electron chi connectivity index (χ0n) is 30.7. The van der Waals surface area contributed by atoms with Crippen LogP contribution in [0.1, 0.15) is 35.6 Å². The van der Waals surface area contributed by atoms with E-state index in [2.05, 4.69) is 5.10 Å². The molecule has 4 heterocycles. The lowest BCUT2D eigenvalue weighted by molar-refractivity contribution is -0.385. The first-order valence-electron chi connectivity index (χ1n) is 18.4. The van der Waals surface area contributed by atoms with Gasteiger partial charge >= 0.3 is 0 Å². The van der Waals surface area contributed by atoms with Crippen molar-refractivity contribution in [1.29, 1.82) is 0 Å². The summed E-state index contributed by atoms with van der Waals surface area (Å²) < 4.78 is 8.15. The fourth-order valence-electron chi connectivity index (χ4n) is 9.07. The van der Waals surface area contributed by atoms with Crippen LogP contribution in [0, 0.1) is 16.0 Å². The Labute approximate surface area is 317 Å². The molecule has 1 spiro atoms. The van der Waals surface area contributed by atoms with Crippen molar-refractivity contribution in [1.82, 2.24) is 14.7 Å². The number of rotatable bonds is 8. The predicted molar refractivity (Wildman–Crippen MR) is 207 cm³/mol. The van der Waals surface area contributed by atoms with Crippen molar-refractivity contribution in [2.24, 2.45) is 5.92 Å². The third-order valence-corrected chi connectivity index (χ3v) is 14.2. The van der Waals surface area contributed by atoms with Gasteiger partial charge in [-0.15, -0.1) is 0 Å². The van der Waals surface area contributed by atoms with Gasteiger partial charge in [-0.1, -0.05) is 61.5 Å². The number of ether oxygens (including phenoxy) is 1. The van der Waals surface area contributed by atoms with Crippen molar-refractivity contribution in [3.8, 4) is 5.69 Å². The number of carbonyl (C=O) groups is 2. The molecule has 3 aliphatic rings. The monoisotopic (exact) mass is 759 g/mol. The van der Waals surface area contributed by atoms with Gasteiger partial charge in [0.15, 0.2) is 13.9 Å². The summed E-state index contributed by atoms with van der Waals surface area (Å²) in [6.45, 7) is 5.50. The highest BCUT2D eigenvalue weighted by Gasteiger charge is 2.66. The number of non-ortho nitro benzene ring substituents is 1. The van der Waals surface area contributed by atoms with Crippen LogP contribution >= 0.6 is 0 Å². The molecule has 2 N–H and O–H groups in total. The third-order valence-electron chi connectivity index (χ3n) is 11.7. The molecule has 13 nitrogen and oxygen atoms in total. The molecule has 1 saturated heterocycles. The van der Waals surface area contributed by atoms with Crippen LogP contribution in [0.4, 0.5) is 11.4 Å². The van der Waals surface area contributed by atoms with Crippen LogP contribution in [0.2, 0.25) is 18.6 Å². The lowest BCUT2D eigenvalue weighted by Crippen LogP contribution is -2.48. The maximum Gasteiger partial charge on any atom is 0.279 e. The second-order valence-corrected chi connectivity index (χ2v) is 19.3. The fourth-order valence-corrected chi connectivity index (χ4v) is 11.6. The number of nitrogens with zero attached hydrogens (tertiary/aromatic N) is 5. The Kier molecular flexibility index (Phi) is 9.03. The number of aliphatic hydroxyl groups excluding tert-OH is 1. The van der Waals surface area contributed by atoms with Gasteiger partial charge in [0, 0.05) is 41.1 Å². The summed E-state index contributed by atoms with van der Waals surface area (Å²) in [5.41, 5.74) is 1.30. The molecular weight excluding hydrogens is 719 g/mol. The molecule has 3 aliphatic heterocycles. The third kappa shape index (κ3) is 6.05. The molecule has 0 saturated carbocycles. The normalized spacial score (nSPS) is 23.3. The van der Waals surface area contributed by atoms with E-state index in [9.17, 15) is 34.4 Å². The predicted octanol–water partition coefficient (Wildman–Crippen LogP) is 4.97. The number of nitro groups is 1. The van der Waals surface area contributed by atoms with Crippen molar-refractivity contribution in [3.05, 3.63) is 140 Å². The second-order valence-electron chi connectivity index (χ2n) is 15.4. The van der Waals surface area contributed by atoms with E-state index in [1.165, 1.54) is 16.8 Å². The van der Waals surface area contributed by atoms with Gasteiger partial charge in [0.25, 0.3) is 17.2 Å². The molecule has 1 fully saturated rings. The van der Waals surface area contributed by atoms with E-state index >= 15 is 0 Å². The average molecular weight is 760 g/mol. The molecule has 14 heteroatoms. The zero-order chi connectivity index (χ0) is 38.8. The number of carbonyl (C=O) groups excluding carboxylic acids is 2. The molecule has 0 unspecified atom stereocenters. The molecule has 4 aromatic carbocycles. The number of fused-ring (bicyclic) bond motifs is 4. The molecule has 0 bridgehead atoms. The Morgan fingerprint density at radius 2 is 1.73 bits per heavy atom. The van der Waals surface area contributed by atoms with Crippen LogP contribution < -0.4 is 10.5 Å². The lowest BCUT2D eigenvalue weighted by atomic mass is 9.82. The Morgan fingerprint density at radius 3 is 2.44 bits per heavy atom. The van der Waals surface area contributed by atoms with Crippen LogP contribution in [0.25, 0.3) is 16.5 Å². The minimum absolute atomic E-state index is 0.0847. The van der Waals surface area contributed by atoms with Gasteiger partial charge in [-0.2, -0.15) is 9.78 Å². The number of amides is 2. The maximum absolute atomic E-state index is 15.0. The summed E-state index contributed by atoms with van der Waals surface area (Å²) in [6.07, 6.45) is 1.10. The molecule has 2 amide bonds. The van der Waals surface area contributed by atoms with E-state index in [0.29, 0.717) is 35.3 Å². The molecule has 55 heavy (non-hydrogen) atoms. The fraction of sp³-hybridized carbons (Fsp3) is 0.317. The Bertz CT molecular complexity index is 2410. The van der Waals surface area contributed by atoms with Gasteiger partial charge in [-0.05, 0) is 60.5 Å². The number of nitro benzene ring substituents is 1. The van der Waals surface area contributed by atoms with E-state index < -0.39 is 48.4 Å². The average Bonchev–Trinajstić information content (AvgIpc) is 3.60. The number of hydrogen-bond acceptors (Lipinski definition) is 9. The smallest absolute Gasteiger partial charge is 0.279 e. The molecule has 0 radical (unpaired) electrons. The summed E-state index contributed by atoms with van der Waals surface area (Å²) in [5.74, 6) is -1.36. The number of anilines is 1.